The highest BCUT2D eigenvalue weighted by Crippen LogP contribution is 2.26. The highest BCUT2D eigenvalue weighted by atomic mass is 16.2. The molecule has 21 heavy (non-hydrogen) atoms. The lowest BCUT2D eigenvalue weighted by atomic mass is 9.82. The van der Waals surface area contributed by atoms with Crippen LogP contribution in [0.25, 0.3) is 0 Å². The highest BCUT2D eigenvalue weighted by molar-refractivity contribution is 5.92. The van der Waals surface area contributed by atoms with E-state index in [2.05, 4.69) is 48.3 Å². The summed E-state index contributed by atoms with van der Waals surface area (Å²) in [6.07, 6.45) is 5.02. The van der Waals surface area contributed by atoms with Gasteiger partial charge in [-0.25, -0.2) is 9.97 Å². The van der Waals surface area contributed by atoms with Crippen LogP contribution in [0.3, 0.4) is 0 Å². The molecule has 0 aliphatic heterocycles. The van der Waals surface area contributed by atoms with Gasteiger partial charge >= 0.3 is 0 Å². The van der Waals surface area contributed by atoms with Crippen molar-refractivity contribution in [2.75, 3.05) is 11.9 Å². The van der Waals surface area contributed by atoms with Gasteiger partial charge in [0.2, 0.25) is 0 Å². The van der Waals surface area contributed by atoms with Crippen LogP contribution in [0, 0.1) is 5.41 Å². The van der Waals surface area contributed by atoms with E-state index in [9.17, 15) is 4.79 Å². The predicted molar refractivity (Wildman–Crippen MR) is 86.4 cm³/mol. The molecule has 5 nitrogen and oxygen atoms in total. The summed E-state index contributed by atoms with van der Waals surface area (Å²) >= 11 is 0. The summed E-state index contributed by atoms with van der Waals surface area (Å²) in [5.41, 5.74) is 0.214. The fourth-order valence-electron chi connectivity index (χ4n) is 2.53. The Bertz CT molecular complexity index is 460. The maximum atomic E-state index is 12.2. The van der Waals surface area contributed by atoms with Crippen molar-refractivity contribution < 1.29 is 4.79 Å². The summed E-state index contributed by atoms with van der Waals surface area (Å²) in [7, 11) is 0. The van der Waals surface area contributed by atoms with Gasteiger partial charge in [-0.05, 0) is 32.1 Å². The fraction of sp³-hybridized carbons (Fsp3) is 0.688. The smallest absolute Gasteiger partial charge is 0.271 e. The van der Waals surface area contributed by atoms with Crippen molar-refractivity contribution >= 4 is 11.7 Å². The molecule has 0 saturated heterocycles. The molecule has 118 valence electrons. The number of amides is 1. The maximum absolute atomic E-state index is 12.2. The lowest BCUT2D eigenvalue weighted by Gasteiger charge is -2.33. The Balaban J connectivity index is 2.67. The monoisotopic (exact) mass is 292 g/mol. The average Bonchev–Trinajstić information content (AvgIpc) is 2.33. The van der Waals surface area contributed by atoms with Gasteiger partial charge in [0, 0.05) is 12.1 Å². The van der Waals surface area contributed by atoms with E-state index >= 15 is 0 Å². The summed E-state index contributed by atoms with van der Waals surface area (Å²) in [6.45, 7) is 13.5. The van der Waals surface area contributed by atoms with Crippen LogP contribution in [0.2, 0.25) is 0 Å². The minimum absolute atomic E-state index is 0.149. The van der Waals surface area contributed by atoms with Crippen LogP contribution < -0.4 is 10.6 Å². The first-order valence-corrected chi connectivity index (χ1v) is 7.51. The molecular formula is C16H28N4O. The van der Waals surface area contributed by atoms with E-state index in [-0.39, 0.29) is 16.9 Å². The molecular weight excluding hydrogens is 264 g/mol. The molecule has 0 fully saturated rings. The normalized spacial score (nSPS) is 12.1. The molecule has 5 heteroatoms. The molecule has 1 heterocycles. The minimum Gasteiger partial charge on any atom is -0.369 e. The minimum atomic E-state index is -0.282. The van der Waals surface area contributed by atoms with Crippen molar-refractivity contribution in [3.05, 3.63) is 18.1 Å². The quantitative estimate of drug-likeness (QED) is 0.844. The van der Waals surface area contributed by atoms with Crippen LogP contribution >= 0.6 is 0 Å². The van der Waals surface area contributed by atoms with E-state index in [0.717, 1.165) is 19.4 Å². The number of aromatic nitrogens is 2. The number of carbonyl (C=O) groups excluding carboxylic acids is 1. The van der Waals surface area contributed by atoms with Gasteiger partial charge in [0.25, 0.3) is 5.91 Å². The van der Waals surface area contributed by atoms with Crippen molar-refractivity contribution in [2.24, 2.45) is 5.41 Å². The molecule has 0 aliphatic rings. The van der Waals surface area contributed by atoms with Gasteiger partial charge in [0.05, 0.1) is 12.4 Å². The first-order valence-electron chi connectivity index (χ1n) is 7.51. The summed E-state index contributed by atoms with van der Waals surface area (Å²) in [6, 6.07) is 0. The van der Waals surface area contributed by atoms with E-state index in [4.69, 9.17) is 0 Å². The molecule has 1 aromatic heterocycles. The Labute approximate surface area is 128 Å². The number of hydrogen-bond donors (Lipinski definition) is 2. The van der Waals surface area contributed by atoms with E-state index in [0.29, 0.717) is 11.5 Å². The Kier molecular flexibility index (Phi) is 5.70. The maximum Gasteiger partial charge on any atom is 0.271 e. The topological polar surface area (TPSA) is 66.9 Å². The van der Waals surface area contributed by atoms with Crippen molar-refractivity contribution in [3.8, 4) is 0 Å². The van der Waals surface area contributed by atoms with Crippen molar-refractivity contribution in [3.63, 3.8) is 0 Å². The van der Waals surface area contributed by atoms with Crippen LogP contribution in [0.15, 0.2) is 12.4 Å². The van der Waals surface area contributed by atoms with Crippen LogP contribution in [-0.2, 0) is 0 Å². The number of nitrogens with zero attached hydrogens (tertiary/aromatic N) is 2. The largest absolute Gasteiger partial charge is 0.369 e. The Morgan fingerprint density at radius 2 is 1.81 bits per heavy atom. The number of carbonyl (C=O) groups is 1. The summed E-state index contributed by atoms with van der Waals surface area (Å²) in [5.74, 6) is 0.515. The number of rotatable bonds is 6. The van der Waals surface area contributed by atoms with Crippen LogP contribution in [0.5, 0.6) is 0 Å². The van der Waals surface area contributed by atoms with Crippen molar-refractivity contribution in [1.82, 2.24) is 15.3 Å². The first kappa shape index (κ1) is 17.4. The molecule has 1 amide bonds. The Morgan fingerprint density at radius 1 is 1.14 bits per heavy atom. The van der Waals surface area contributed by atoms with E-state index in [1.165, 1.54) is 6.20 Å². The molecule has 0 unspecified atom stereocenters. The van der Waals surface area contributed by atoms with Gasteiger partial charge in [0.15, 0.2) is 0 Å². The standard InChI is InChI=1S/C16H28N4O/c1-7-8-17-13-10-18-12(9-19-13)14(21)20-16(5,6)11-15(2,3)4/h9-10H,7-8,11H2,1-6H3,(H,17,19)(H,20,21). The molecule has 1 aromatic rings. The zero-order valence-corrected chi connectivity index (χ0v) is 14.1. The molecule has 0 aromatic carbocycles. The molecule has 0 atom stereocenters. The van der Waals surface area contributed by atoms with Gasteiger partial charge < -0.3 is 10.6 Å². The zero-order valence-electron chi connectivity index (χ0n) is 14.1. The van der Waals surface area contributed by atoms with Gasteiger partial charge in [-0.15, -0.1) is 0 Å². The van der Waals surface area contributed by atoms with Crippen molar-refractivity contribution in [2.45, 2.75) is 59.9 Å². The first-order chi connectivity index (χ1) is 9.63. The second kappa shape index (κ2) is 6.87. The molecule has 2 N–H and O–H groups in total. The number of hydrogen-bond acceptors (Lipinski definition) is 4. The molecule has 0 saturated carbocycles. The number of nitrogens with one attached hydrogen (secondary N) is 2. The molecule has 0 aliphatic carbocycles. The second-order valence-electron chi connectivity index (χ2n) is 7.29. The highest BCUT2D eigenvalue weighted by Gasteiger charge is 2.27. The summed E-state index contributed by atoms with van der Waals surface area (Å²) in [5, 5.41) is 6.16. The predicted octanol–water partition coefficient (Wildman–Crippen LogP) is 3.24. The Hall–Kier alpha value is -1.65. The zero-order chi connectivity index (χ0) is 16.1. The molecule has 0 radical (unpaired) electrons. The summed E-state index contributed by atoms with van der Waals surface area (Å²) < 4.78 is 0. The van der Waals surface area contributed by atoms with Gasteiger partial charge in [0.1, 0.15) is 11.5 Å². The van der Waals surface area contributed by atoms with Gasteiger partial charge in [-0.3, -0.25) is 4.79 Å². The molecule has 0 bridgehead atoms. The van der Waals surface area contributed by atoms with E-state index < -0.39 is 0 Å². The van der Waals surface area contributed by atoms with Crippen molar-refractivity contribution in [1.29, 1.82) is 0 Å². The molecule has 0 spiro atoms. The van der Waals surface area contributed by atoms with E-state index in [1.54, 1.807) is 6.20 Å². The third kappa shape index (κ3) is 6.56. The number of anilines is 1. The lowest BCUT2D eigenvalue weighted by molar-refractivity contribution is 0.0886. The fourth-order valence-corrected chi connectivity index (χ4v) is 2.53. The Morgan fingerprint density at radius 3 is 2.29 bits per heavy atom. The van der Waals surface area contributed by atoms with Gasteiger partial charge in [-0.2, -0.15) is 0 Å². The van der Waals surface area contributed by atoms with Crippen LogP contribution in [0.4, 0.5) is 5.82 Å². The van der Waals surface area contributed by atoms with Gasteiger partial charge in [-0.1, -0.05) is 27.7 Å². The third-order valence-corrected chi connectivity index (χ3v) is 2.86. The summed E-state index contributed by atoms with van der Waals surface area (Å²) in [4.78, 5) is 20.6. The van der Waals surface area contributed by atoms with Crippen LogP contribution in [0.1, 0.15) is 64.9 Å². The SMILES string of the molecule is CCCNc1cnc(C(=O)NC(C)(C)CC(C)(C)C)cn1. The van der Waals surface area contributed by atoms with Crippen LogP contribution in [-0.4, -0.2) is 28.0 Å². The molecule has 1 rings (SSSR count). The lowest BCUT2D eigenvalue weighted by Crippen LogP contribution is -2.46. The third-order valence-electron chi connectivity index (χ3n) is 2.86. The van der Waals surface area contributed by atoms with E-state index in [1.807, 2.05) is 13.8 Å². The second-order valence-corrected chi connectivity index (χ2v) is 7.29. The average molecular weight is 292 g/mol.